The van der Waals surface area contributed by atoms with Crippen LogP contribution in [0.3, 0.4) is 0 Å². The van der Waals surface area contributed by atoms with Gasteiger partial charge in [0.2, 0.25) is 5.91 Å². The number of hydrogen-bond acceptors (Lipinski definition) is 6. The second-order valence-corrected chi connectivity index (χ2v) is 13.4. The number of anilines is 1. The van der Waals surface area contributed by atoms with E-state index in [4.69, 9.17) is 4.98 Å². The van der Waals surface area contributed by atoms with Gasteiger partial charge in [0.05, 0.1) is 5.56 Å². The molecule has 0 radical (unpaired) electrons. The zero-order valence-corrected chi connectivity index (χ0v) is 23.0. The van der Waals surface area contributed by atoms with E-state index < -0.39 is 6.67 Å². The number of hydrogen-bond donors (Lipinski definition) is 2. The number of carbonyl (C=O) groups is 1. The van der Waals surface area contributed by atoms with E-state index in [1.54, 1.807) is 4.90 Å². The Balaban J connectivity index is 1.36. The van der Waals surface area contributed by atoms with Crippen molar-refractivity contribution in [3.8, 4) is 6.07 Å². The summed E-state index contributed by atoms with van der Waals surface area (Å²) in [5.41, 5.74) is 11.8. The molecule has 3 aliphatic heterocycles. The Kier molecular flexibility index (Phi) is 6.51. The van der Waals surface area contributed by atoms with Crippen molar-refractivity contribution >= 4 is 11.7 Å². The van der Waals surface area contributed by atoms with Crippen LogP contribution < -0.4 is 15.8 Å². The first-order valence-corrected chi connectivity index (χ1v) is 14.4. The van der Waals surface area contributed by atoms with Gasteiger partial charge in [-0.25, -0.2) is 9.37 Å². The third-order valence-electron chi connectivity index (χ3n) is 10.2. The van der Waals surface area contributed by atoms with Crippen molar-refractivity contribution in [3.05, 3.63) is 34.5 Å². The minimum Gasteiger partial charge on any atom is -0.355 e. The summed E-state index contributed by atoms with van der Waals surface area (Å²) < 4.78 is 12.5. The van der Waals surface area contributed by atoms with Gasteiger partial charge in [0, 0.05) is 56.0 Å². The van der Waals surface area contributed by atoms with Crippen LogP contribution in [0.25, 0.3) is 0 Å². The maximum absolute atomic E-state index is 12.5. The van der Waals surface area contributed by atoms with Crippen LogP contribution in [0.5, 0.6) is 0 Å². The molecule has 2 aliphatic carbocycles. The van der Waals surface area contributed by atoms with Crippen molar-refractivity contribution in [2.24, 2.45) is 22.7 Å². The number of likely N-dealkylation sites (tertiary alicyclic amines) is 1. The highest BCUT2D eigenvalue weighted by molar-refractivity contribution is 5.88. The van der Waals surface area contributed by atoms with Gasteiger partial charge in [0.1, 0.15) is 18.6 Å². The molecule has 0 bridgehead atoms. The summed E-state index contributed by atoms with van der Waals surface area (Å²) in [6.07, 6.45) is 9.00. The molecule has 4 heterocycles. The van der Waals surface area contributed by atoms with E-state index >= 15 is 0 Å². The van der Waals surface area contributed by atoms with Gasteiger partial charge >= 0.3 is 0 Å². The summed E-state index contributed by atoms with van der Waals surface area (Å²) in [5.74, 6) is 2.10. The van der Waals surface area contributed by atoms with Crippen LogP contribution in [0.1, 0.15) is 74.8 Å². The molecule has 1 aromatic heterocycles. The minimum absolute atomic E-state index is 0.0332. The lowest BCUT2D eigenvalue weighted by Crippen LogP contribution is -2.59. The molecule has 4 atom stereocenters. The van der Waals surface area contributed by atoms with Crippen molar-refractivity contribution in [3.63, 3.8) is 0 Å². The van der Waals surface area contributed by atoms with Crippen molar-refractivity contribution in [1.82, 2.24) is 20.7 Å². The van der Waals surface area contributed by atoms with E-state index in [9.17, 15) is 14.4 Å². The summed E-state index contributed by atoms with van der Waals surface area (Å²) in [7, 11) is 0. The molecular weight excluding hydrogens is 479 g/mol. The van der Waals surface area contributed by atoms with Gasteiger partial charge in [-0.15, -0.1) is 0 Å². The fourth-order valence-corrected chi connectivity index (χ4v) is 8.12. The van der Waals surface area contributed by atoms with Crippen LogP contribution in [0, 0.1) is 34.0 Å². The monoisotopic (exact) mass is 520 g/mol. The van der Waals surface area contributed by atoms with E-state index in [0.29, 0.717) is 36.9 Å². The SMILES string of the molecule is CC1CCC2NNCC2C1c1c(C#N)c(N2CCC3(CN(C(=O)/C=C/CF)C3)C2)nc2c1CCC(C)(C)C2. The number of carbonyl (C=O) groups excluding carboxylic acids is 1. The van der Waals surface area contributed by atoms with Gasteiger partial charge in [-0.05, 0) is 78.9 Å². The Morgan fingerprint density at radius 2 is 2.08 bits per heavy atom. The second-order valence-electron chi connectivity index (χ2n) is 13.4. The zero-order valence-electron chi connectivity index (χ0n) is 23.0. The number of aromatic nitrogens is 1. The molecule has 0 aromatic carbocycles. The first kappa shape index (κ1) is 25.8. The Hall–Kier alpha value is -2.50. The van der Waals surface area contributed by atoms with Crippen LogP contribution in [-0.2, 0) is 17.6 Å². The summed E-state index contributed by atoms with van der Waals surface area (Å²) in [6, 6.07) is 3.12. The Bertz CT molecular complexity index is 1180. The molecule has 2 N–H and O–H groups in total. The van der Waals surface area contributed by atoms with Crippen LogP contribution in [-0.4, -0.2) is 61.2 Å². The molecule has 3 saturated heterocycles. The maximum Gasteiger partial charge on any atom is 0.246 e. The summed E-state index contributed by atoms with van der Waals surface area (Å²) in [5, 5.41) is 10.7. The van der Waals surface area contributed by atoms with Gasteiger partial charge in [-0.1, -0.05) is 20.8 Å². The Morgan fingerprint density at radius 1 is 1.26 bits per heavy atom. The average molecular weight is 521 g/mol. The number of nitrogens with one attached hydrogen (secondary N) is 2. The fraction of sp³-hybridized carbons (Fsp3) is 0.700. The molecule has 204 valence electrons. The van der Waals surface area contributed by atoms with E-state index in [-0.39, 0.29) is 16.7 Å². The maximum atomic E-state index is 12.5. The van der Waals surface area contributed by atoms with Crippen LogP contribution in [0.2, 0.25) is 0 Å². The number of halogens is 1. The minimum atomic E-state index is -0.619. The van der Waals surface area contributed by atoms with E-state index in [0.717, 1.165) is 63.1 Å². The number of nitrogens with zero attached hydrogens (tertiary/aromatic N) is 4. The molecule has 38 heavy (non-hydrogen) atoms. The second kappa shape index (κ2) is 9.60. The standard InChI is InChI=1S/C30H41FN6O/c1-19-6-7-23-22(15-33-35-23)26(19)27-20-8-9-29(2,3)13-24(20)34-28(21(27)14-32)36-12-10-30(16-36)17-37(18-30)25(38)5-4-11-31/h4-5,19,22-23,26,33,35H,6-13,15-18H2,1-3H3/b5-4+. The summed E-state index contributed by atoms with van der Waals surface area (Å²) >= 11 is 0. The molecule has 1 amide bonds. The number of allylic oxidation sites excluding steroid dienone is 1. The quantitative estimate of drug-likeness (QED) is 0.590. The highest BCUT2D eigenvalue weighted by Gasteiger charge is 2.50. The smallest absolute Gasteiger partial charge is 0.246 e. The molecule has 5 aliphatic rings. The number of pyridine rings is 1. The van der Waals surface area contributed by atoms with Crippen molar-refractivity contribution in [2.45, 2.75) is 71.3 Å². The summed E-state index contributed by atoms with van der Waals surface area (Å²) in [6.45, 7) is 10.4. The molecule has 6 rings (SSSR count). The van der Waals surface area contributed by atoms with Gasteiger partial charge < -0.3 is 9.80 Å². The number of fused-ring (bicyclic) bond motifs is 2. The highest BCUT2D eigenvalue weighted by atomic mass is 19.1. The van der Waals surface area contributed by atoms with E-state index in [2.05, 4.69) is 42.6 Å². The number of hydrazine groups is 1. The van der Waals surface area contributed by atoms with Crippen molar-refractivity contribution in [2.75, 3.05) is 44.3 Å². The Labute approximate surface area is 225 Å². The third-order valence-corrected chi connectivity index (χ3v) is 10.2. The predicted octanol–water partition coefficient (Wildman–Crippen LogP) is 3.64. The Morgan fingerprint density at radius 3 is 2.84 bits per heavy atom. The lowest BCUT2D eigenvalue weighted by atomic mass is 9.64. The molecule has 8 heteroatoms. The van der Waals surface area contributed by atoms with Gasteiger partial charge in [-0.3, -0.25) is 15.6 Å². The number of rotatable bonds is 4. The van der Waals surface area contributed by atoms with Gasteiger partial charge in [0.25, 0.3) is 0 Å². The molecule has 1 aromatic rings. The average Bonchev–Trinajstić information content (AvgIpc) is 3.52. The highest BCUT2D eigenvalue weighted by Crippen LogP contribution is 2.50. The molecule has 1 spiro atoms. The van der Waals surface area contributed by atoms with Crippen LogP contribution in [0.4, 0.5) is 10.2 Å². The van der Waals surface area contributed by atoms with Crippen LogP contribution in [0.15, 0.2) is 12.2 Å². The van der Waals surface area contributed by atoms with E-state index in [1.165, 1.54) is 35.4 Å². The number of alkyl halides is 1. The first-order valence-electron chi connectivity index (χ1n) is 14.4. The van der Waals surface area contributed by atoms with E-state index in [1.807, 2.05) is 0 Å². The fourth-order valence-electron chi connectivity index (χ4n) is 8.12. The first-order chi connectivity index (χ1) is 18.2. The van der Waals surface area contributed by atoms with Gasteiger partial charge in [-0.2, -0.15) is 5.26 Å². The predicted molar refractivity (Wildman–Crippen MR) is 145 cm³/mol. The lowest BCUT2D eigenvalue weighted by molar-refractivity contribution is -0.136. The summed E-state index contributed by atoms with van der Waals surface area (Å²) in [4.78, 5) is 21.8. The van der Waals surface area contributed by atoms with Gasteiger partial charge in [0.15, 0.2) is 0 Å². The molecule has 4 fully saturated rings. The van der Waals surface area contributed by atoms with Crippen molar-refractivity contribution in [1.29, 1.82) is 5.26 Å². The largest absolute Gasteiger partial charge is 0.355 e. The topological polar surface area (TPSA) is 84.3 Å². The normalized spacial score (nSPS) is 31.2. The molecule has 4 unspecified atom stereocenters. The molecule has 7 nitrogen and oxygen atoms in total. The lowest BCUT2D eigenvalue weighted by Gasteiger charge is -2.47. The number of nitriles is 1. The molecule has 1 saturated carbocycles. The van der Waals surface area contributed by atoms with Crippen LogP contribution >= 0.6 is 0 Å². The molecular formula is C30H41FN6O. The zero-order chi connectivity index (χ0) is 26.7. The van der Waals surface area contributed by atoms with Crippen molar-refractivity contribution < 1.29 is 9.18 Å². The third kappa shape index (κ3) is 4.32. The number of amides is 1.